The van der Waals surface area contributed by atoms with Crippen LogP contribution in [0.15, 0.2) is 36.5 Å². The van der Waals surface area contributed by atoms with E-state index in [1.807, 2.05) is 10.9 Å². The fourth-order valence-electron chi connectivity index (χ4n) is 4.78. The van der Waals surface area contributed by atoms with E-state index in [0.717, 1.165) is 49.4 Å². The maximum atomic E-state index is 12.7. The average Bonchev–Trinajstić information content (AvgIpc) is 3.57. The first-order valence-corrected chi connectivity index (χ1v) is 10.9. The van der Waals surface area contributed by atoms with Crippen LogP contribution in [0.5, 0.6) is 5.75 Å². The Morgan fingerprint density at radius 1 is 1.25 bits per heavy atom. The fourth-order valence-corrected chi connectivity index (χ4v) is 4.78. The van der Waals surface area contributed by atoms with Crippen LogP contribution in [0.25, 0.3) is 10.9 Å². The highest BCUT2D eigenvalue weighted by Gasteiger charge is 2.45. The maximum absolute atomic E-state index is 12.7. The van der Waals surface area contributed by atoms with Crippen LogP contribution in [0.1, 0.15) is 55.1 Å². The molecule has 9 heteroatoms. The Hall–Kier alpha value is -3.33. The molecule has 2 aromatic heterocycles. The lowest BCUT2D eigenvalue weighted by atomic mass is 9.79. The maximum Gasteiger partial charge on any atom is 0.275 e. The molecular formula is C23H27N5O4. The van der Waals surface area contributed by atoms with Gasteiger partial charge >= 0.3 is 0 Å². The number of amides is 1. The van der Waals surface area contributed by atoms with E-state index < -0.39 is 11.5 Å². The van der Waals surface area contributed by atoms with Gasteiger partial charge in [-0.3, -0.25) is 14.9 Å². The Bertz CT molecular complexity index is 1230. The molecule has 0 atom stereocenters. The summed E-state index contributed by atoms with van der Waals surface area (Å²) in [6.07, 6.45) is 7.64. The summed E-state index contributed by atoms with van der Waals surface area (Å²) in [6, 6.07) is 8.16. The molecule has 32 heavy (non-hydrogen) atoms. The van der Waals surface area contributed by atoms with Gasteiger partial charge in [0.1, 0.15) is 11.4 Å². The molecule has 2 aliphatic rings. The van der Waals surface area contributed by atoms with Crippen molar-refractivity contribution in [3.05, 3.63) is 47.7 Å². The first-order chi connectivity index (χ1) is 15.4. The van der Waals surface area contributed by atoms with Gasteiger partial charge in [0.25, 0.3) is 5.91 Å². The summed E-state index contributed by atoms with van der Waals surface area (Å²) in [6.45, 7) is 0. The second-order valence-electron chi connectivity index (χ2n) is 8.89. The lowest BCUT2D eigenvalue weighted by Crippen LogP contribution is -2.36. The predicted octanol–water partition coefficient (Wildman–Crippen LogP) is 3.07. The van der Waals surface area contributed by atoms with Gasteiger partial charge in [0, 0.05) is 17.6 Å². The monoisotopic (exact) mass is 437 g/mol. The van der Waals surface area contributed by atoms with E-state index in [1.165, 1.54) is 25.3 Å². The number of nitrogens with one attached hydrogen (secondary N) is 2. The second-order valence-corrected chi connectivity index (χ2v) is 8.89. The molecule has 0 saturated heterocycles. The molecule has 4 N–H and O–H groups in total. The highest BCUT2D eigenvalue weighted by molar-refractivity contribution is 6.05. The number of benzene rings is 1. The quantitative estimate of drug-likeness (QED) is 0.457. The smallest absolute Gasteiger partial charge is 0.275 e. The van der Waals surface area contributed by atoms with Crippen molar-refractivity contribution in [2.75, 3.05) is 12.4 Å². The van der Waals surface area contributed by atoms with Gasteiger partial charge in [0.05, 0.1) is 30.0 Å². The SMILES string of the molecule is COc1cc2nn(C3CCC(O)(C4CC4)CC3)cc2cc1NC(=O)c1cccc(=N)n1O. The van der Waals surface area contributed by atoms with E-state index in [2.05, 4.69) is 5.32 Å². The minimum absolute atomic E-state index is 0.0549. The van der Waals surface area contributed by atoms with Gasteiger partial charge < -0.3 is 20.4 Å². The van der Waals surface area contributed by atoms with Gasteiger partial charge in [-0.15, -0.1) is 0 Å². The highest BCUT2D eigenvalue weighted by atomic mass is 16.5. The number of aromatic nitrogens is 3. The number of carbonyl (C=O) groups is 1. The number of pyridine rings is 1. The van der Waals surface area contributed by atoms with Crippen LogP contribution >= 0.6 is 0 Å². The van der Waals surface area contributed by atoms with E-state index >= 15 is 0 Å². The Kier molecular flexibility index (Phi) is 4.93. The lowest BCUT2D eigenvalue weighted by Gasteiger charge is -2.36. The topological polar surface area (TPSA) is 125 Å². The summed E-state index contributed by atoms with van der Waals surface area (Å²) in [5, 5.41) is 36.8. The molecule has 9 nitrogen and oxygen atoms in total. The number of carbonyl (C=O) groups excluding carboxylic acids is 1. The molecule has 0 radical (unpaired) electrons. The Balaban J connectivity index is 1.39. The third-order valence-corrected chi connectivity index (χ3v) is 6.82. The first-order valence-electron chi connectivity index (χ1n) is 10.9. The summed E-state index contributed by atoms with van der Waals surface area (Å²) in [5.41, 5.74) is 0.465. The Morgan fingerprint density at radius 2 is 2.00 bits per heavy atom. The van der Waals surface area contributed by atoms with Crippen molar-refractivity contribution in [1.29, 1.82) is 5.41 Å². The Morgan fingerprint density at radius 3 is 2.69 bits per heavy atom. The molecule has 3 aromatic rings. The van der Waals surface area contributed by atoms with Gasteiger partial charge in [-0.2, -0.15) is 9.83 Å². The average molecular weight is 438 g/mol. The third kappa shape index (κ3) is 3.62. The molecular weight excluding hydrogens is 410 g/mol. The van der Waals surface area contributed by atoms with Gasteiger partial charge in [-0.25, -0.2) is 0 Å². The highest BCUT2D eigenvalue weighted by Crippen LogP contribution is 2.49. The van der Waals surface area contributed by atoms with Gasteiger partial charge in [0.2, 0.25) is 0 Å². The van der Waals surface area contributed by atoms with Crippen LogP contribution in [0.4, 0.5) is 5.69 Å². The molecule has 2 saturated carbocycles. The zero-order valence-corrected chi connectivity index (χ0v) is 17.9. The summed E-state index contributed by atoms with van der Waals surface area (Å²) in [5.74, 6) is 0.372. The number of nitrogens with zero attached hydrogens (tertiary/aromatic N) is 3. The van der Waals surface area contributed by atoms with Crippen molar-refractivity contribution in [3.63, 3.8) is 0 Å². The summed E-state index contributed by atoms with van der Waals surface area (Å²) >= 11 is 0. The van der Waals surface area contributed by atoms with Crippen molar-refractivity contribution < 1.29 is 19.8 Å². The van der Waals surface area contributed by atoms with E-state index in [9.17, 15) is 15.1 Å². The van der Waals surface area contributed by atoms with Crippen LogP contribution < -0.4 is 15.5 Å². The number of methoxy groups -OCH3 is 1. The Labute approximate surface area is 184 Å². The molecule has 0 bridgehead atoms. The number of rotatable bonds is 5. The fraction of sp³-hybridized carbons (Fsp3) is 0.435. The first kappa shape index (κ1) is 20.6. The zero-order chi connectivity index (χ0) is 22.5. The van der Waals surface area contributed by atoms with Crippen molar-refractivity contribution >= 4 is 22.5 Å². The molecule has 1 aromatic carbocycles. The largest absolute Gasteiger partial charge is 0.494 e. The summed E-state index contributed by atoms with van der Waals surface area (Å²) < 4.78 is 7.95. The zero-order valence-electron chi connectivity index (χ0n) is 17.9. The normalized spacial score (nSPS) is 23.2. The van der Waals surface area contributed by atoms with Gasteiger partial charge in [0.15, 0.2) is 5.49 Å². The molecule has 168 valence electrons. The molecule has 0 unspecified atom stereocenters. The van der Waals surface area contributed by atoms with Crippen LogP contribution in [0.3, 0.4) is 0 Å². The van der Waals surface area contributed by atoms with Crippen molar-refractivity contribution in [3.8, 4) is 5.75 Å². The molecule has 0 aliphatic heterocycles. The standard InChI is InChI=1S/C23H27N5O4/c1-32-20-12-17-14(11-18(20)25-22(29)19-3-2-4-21(24)28(19)31)13-27(26-17)16-7-9-23(30,10-8-16)15-5-6-15/h2-4,11-13,15-16,24,30-31H,5-10H2,1H3,(H,25,29). The number of fused-ring (bicyclic) bond motifs is 1. The van der Waals surface area contributed by atoms with Gasteiger partial charge in [-0.05, 0) is 62.6 Å². The number of ether oxygens (including phenoxy) is 1. The van der Waals surface area contributed by atoms with E-state index in [-0.39, 0.29) is 17.2 Å². The van der Waals surface area contributed by atoms with Gasteiger partial charge in [-0.1, -0.05) is 6.07 Å². The predicted molar refractivity (Wildman–Crippen MR) is 117 cm³/mol. The van der Waals surface area contributed by atoms with Crippen LogP contribution in [-0.2, 0) is 0 Å². The van der Waals surface area contributed by atoms with Crippen molar-refractivity contribution in [1.82, 2.24) is 14.5 Å². The molecule has 5 rings (SSSR count). The molecule has 2 fully saturated rings. The van der Waals surface area contributed by atoms with Crippen molar-refractivity contribution in [2.45, 2.75) is 50.2 Å². The van der Waals surface area contributed by atoms with Crippen LogP contribution in [0, 0.1) is 11.3 Å². The number of hydrogen-bond donors (Lipinski definition) is 4. The van der Waals surface area contributed by atoms with Crippen molar-refractivity contribution in [2.24, 2.45) is 5.92 Å². The third-order valence-electron chi connectivity index (χ3n) is 6.82. The minimum atomic E-state index is -0.557. The summed E-state index contributed by atoms with van der Waals surface area (Å²) in [4.78, 5) is 12.7. The number of hydrogen-bond acceptors (Lipinski definition) is 6. The van der Waals surface area contributed by atoms with Crippen LogP contribution in [-0.4, -0.2) is 43.4 Å². The van der Waals surface area contributed by atoms with E-state index in [0.29, 0.717) is 22.1 Å². The molecule has 2 aliphatic carbocycles. The van der Waals surface area contributed by atoms with E-state index in [1.54, 1.807) is 12.1 Å². The number of anilines is 1. The second kappa shape index (κ2) is 7.67. The molecule has 2 heterocycles. The lowest BCUT2D eigenvalue weighted by molar-refractivity contribution is -0.0281. The van der Waals surface area contributed by atoms with Crippen LogP contribution in [0.2, 0.25) is 0 Å². The summed E-state index contributed by atoms with van der Waals surface area (Å²) in [7, 11) is 1.52. The molecule has 1 amide bonds. The number of aliphatic hydroxyl groups is 1. The minimum Gasteiger partial charge on any atom is -0.494 e. The van der Waals surface area contributed by atoms with E-state index in [4.69, 9.17) is 15.2 Å². The molecule has 0 spiro atoms.